The maximum Gasteiger partial charge on any atom is 0.123 e. The monoisotopic (exact) mass is 773 g/mol. The van der Waals surface area contributed by atoms with Crippen LogP contribution in [-0.2, 0) is 0 Å². The molecule has 10 rings (SSSR count). The van der Waals surface area contributed by atoms with Crippen LogP contribution in [0.4, 0.5) is 38.5 Å². The molecule has 286 valence electrons. The van der Waals surface area contributed by atoms with Crippen LogP contribution in [0.3, 0.4) is 0 Å². The maximum absolute atomic E-state index is 14.2. The van der Waals surface area contributed by atoms with Crippen LogP contribution < -0.4 is 9.80 Å². The molecular weight excluding hydrogens is 734 g/mol. The summed E-state index contributed by atoms with van der Waals surface area (Å²) in [6.45, 7) is 3.94. The van der Waals surface area contributed by atoms with E-state index in [9.17, 15) is 4.39 Å². The minimum Gasteiger partial charge on any atom is -0.310 e. The maximum atomic E-state index is 14.2. The van der Waals surface area contributed by atoms with Crippen molar-refractivity contribution in [2.24, 2.45) is 0 Å². The van der Waals surface area contributed by atoms with Gasteiger partial charge in [0.1, 0.15) is 5.82 Å². The summed E-state index contributed by atoms with van der Waals surface area (Å²) < 4.78 is 16.6. The van der Waals surface area contributed by atoms with Crippen molar-refractivity contribution in [3.05, 3.63) is 242 Å². The van der Waals surface area contributed by atoms with Gasteiger partial charge in [0.05, 0.1) is 11.0 Å². The van der Waals surface area contributed by atoms with E-state index in [4.69, 9.17) is 0 Å². The predicted molar refractivity (Wildman–Crippen MR) is 251 cm³/mol. The first-order valence-electron chi connectivity index (χ1n) is 20.1. The molecule has 0 saturated carbocycles. The second-order valence-corrected chi connectivity index (χ2v) is 14.8. The SMILES string of the molecule is C=Cc1ccc(N(c2ccc(F)cc2)c2cccc(N(c3ccccc3)c3cccc(-c4cc(-c5ccccc5)c5c6ccccc6n(-c6ccccc6)c5c4)c3)c2)cc1. The van der Waals surface area contributed by atoms with Crippen LogP contribution in [-0.4, -0.2) is 4.57 Å². The Morgan fingerprint density at radius 3 is 1.60 bits per heavy atom. The number of hydrogen-bond acceptors (Lipinski definition) is 2. The van der Waals surface area contributed by atoms with E-state index in [0.717, 1.165) is 62.0 Å². The standard InChI is InChI=1S/C56H40FN3/c1-2-40-28-32-47(33-29-40)58(48-34-30-44(57)31-35-48)50-24-15-25-51(39-50)59(45-19-8-4-9-20-45)49-23-14-18-42(36-49)43-37-53(41-16-6-3-7-17-41)56-52-26-12-13-27-54(52)60(55(56)38-43)46-21-10-5-11-22-46/h2-39H,1H2. The highest BCUT2D eigenvalue weighted by Crippen LogP contribution is 2.44. The predicted octanol–water partition coefficient (Wildman–Crippen LogP) is 15.8. The number of aromatic nitrogens is 1. The zero-order valence-corrected chi connectivity index (χ0v) is 32.9. The molecule has 0 radical (unpaired) electrons. The largest absolute Gasteiger partial charge is 0.310 e. The van der Waals surface area contributed by atoms with Gasteiger partial charge in [-0.25, -0.2) is 4.39 Å². The average Bonchev–Trinajstić information content (AvgIpc) is 3.65. The summed E-state index contributed by atoms with van der Waals surface area (Å²) in [7, 11) is 0. The van der Waals surface area contributed by atoms with E-state index in [1.807, 2.05) is 36.4 Å². The van der Waals surface area contributed by atoms with Crippen molar-refractivity contribution in [3.63, 3.8) is 0 Å². The lowest BCUT2D eigenvalue weighted by Crippen LogP contribution is -2.13. The number of anilines is 6. The van der Waals surface area contributed by atoms with Gasteiger partial charge < -0.3 is 14.4 Å². The van der Waals surface area contributed by atoms with Gasteiger partial charge in [0.25, 0.3) is 0 Å². The molecule has 0 aliphatic heterocycles. The van der Waals surface area contributed by atoms with Crippen molar-refractivity contribution in [1.29, 1.82) is 0 Å². The van der Waals surface area contributed by atoms with Gasteiger partial charge in [-0.1, -0.05) is 128 Å². The molecule has 0 unspecified atom stereocenters. The molecule has 60 heavy (non-hydrogen) atoms. The summed E-state index contributed by atoms with van der Waals surface area (Å²) in [5.41, 5.74) is 14.8. The van der Waals surface area contributed by atoms with Crippen LogP contribution in [0.25, 0.3) is 55.8 Å². The smallest absolute Gasteiger partial charge is 0.123 e. The fourth-order valence-corrected chi connectivity index (χ4v) is 8.38. The van der Waals surface area contributed by atoms with Gasteiger partial charge in [0.15, 0.2) is 0 Å². The number of rotatable bonds is 10. The average molecular weight is 774 g/mol. The Morgan fingerprint density at radius 1 is 0.400 bits per heavy atom. The molecule has 3 nitrogen and oxygen atoms in total. The van der Waals surface area contributed by atoms with Crippen molar-refractivity contribution >= 4 is 62.0 Å². The first-order chi connectivity index (χ1) is 29.6. The van der Waals surface area contributed by atoms with Crippen molar-refractivity contribution in [2.75, 3.05) is 9.80 Å². The molecular formula is C56H40FN3. The molecule has 4 heteroatoms. The number of hydrogen-bond donors (Lipinski definition) is 0. The van der Waals surface area contributed by atoms with Gasteiger partial charge in [-0.2, -0.15) is 0 Å². The number of halogens is 1. The molecule has 0 aliphatic carbocycles. The van der Waals surface area contributed by atoms with E-state index in [-0.39, 0.29) is 5.82 Å². The third-order valence-electron chi connectivity index (χ3n) is 11.1. The Morgan fingerprint density at radius 2 is 0.917 bits per heavy atom. The van der Waals surface area contributed by atoms with Crippen molar-refractivity contribution in [2.45, 2.75) is 0 Å². The van der Waals surface area contributed by atoms with Crippen LogP contribution in [0.5, 0.6) is 0 Å². The van der Waals surface area contributed by atoms with Gasteiger partial charge in [0.2, 0.25) is 0 Å². The quantitative estimate of drug-likeness (QED) is 0.137. The minimum absolute atomic E-state index is 0.277. The van der Waals surface area contributed by atoms with Crippen molar-refractivity contribution in [1.82, 2.24) is 4.57 Å². The van der Waals surface area contributed by atoms with Crippen molar-refractivity contribution in [3.8, 4) is 27.9 Å². The fourth-order valence-electron chi connectivity index (χ4n) is 8.38. The van der Waals surface area contributed by atoms with Crippen LogP contribution in [0.1, 0.15) is 5.56 Å². The highest BCUT2D eigenvalue weighted by atomic mass is 19.1. The zero-order chi connectivity index (χ0) is 40.4. The third-order valence-corrected chi connectivity index (χ3v) is 11.1. The van der Waals surface area contributed by atoms with E-state index in [2.05, 4.69) is 203 Å². The molecule has 0 fully saturated rings. The van der Waals surface area contributed by atoms with Crippen LogP contribution in [0, 0.1) is 5.82 Å². The van der Waals surface area contributed by atoms with Gasteiger partial charge in [-0.05, 0) is 137 Å². The zero-order valence-electron chi connectivity index (χ0n) is 32.9. The fraction of sp³-hybridized carbons (Fsp3) is 0. The molecule has 1 aromatic heterocycles. The van der Waals surface area contributed by atoms with Gasteiger partial charge in [0, 0.05) is 50.6 Å². The highest BCUT2D eigenvalue weighted by Gasteiger charge is 2.21. The summed E-state index contributed by atoms with van der Waals surface area (Å²) in [5.74, 6) is -0.277. The minimum atomic E-state index is -0.277. The molecule has 0 atom stereocenters. The van der Waals surface area contributed by atoms with Crippen LogP contribution >= 0.6 is 0 Å². The molecule has 0 saturated heterocycles. The van der Waals surface area contributed by atoms with E-state index >= 15 is 0 Å². The molecule has 0 spiro atoms. The summed E-state index contributed by atoms with van der Waals surface area (Å²) in [4.78, 5) is 4.45. The lowest BCUT2D eigenvalue weighted by molar-refractivity contribution is 0.628. The number of benzene rings is 9. The third kappa shape index (κ3) is 6.80. The van der Waals surface area contributed by atoms with Crippen LogP contribution in [0.2, 0.25) is 0 Å². The normalized spacial score (nSPS) is 11.2. The molecule has 9 aromatic carbocycles. The molecule has 0 N–H and O–H groups in total. The summed E-state index contributed by atoms with van der Waals surface area (Å²) in [6.07, 6.45) is 1.84. The number of fused-ring (bicyclic) bond motifs is 3. The first kappa shape index (κ1) is 36.4. The first-order valence-corrected chi connectivity index (χ1v) is 20.1. The van der Waals surface area contributed by atoms with E-state index in [1.54, 1.807) is 0 Å². The van der Waals surface area contributed by atoms with E-state index in [0.29, 0.717) is 0 Å². The Kier molecular flexibility index (Phi) is 9.57. The number of para-hydroxylation sites is 3. The van der Waals surface area contributed by atoms with Gasteiger partial charge in [-0.15, -0.1) is 0 Å². The topological polar surface area (TPSA) is 11.4 Å². The Hall–Kier alpha value is -7.95. The van der Waals surface area contributed by atoms with Gasteiger partial charge in [-0.3, -0.25) is 0 Å². The van der Waals surface area contributed by atoms with Crippen LogP contribution in [0.15, 0.2) is 231 Å². The molecule has 10 aromatic rings. The number of nitrogens with zero attached hydrogens (tertiary/aromatic N) is 3. The van der Waals surface area contributed by atoms with Crippen molar-refractivity contribution < 1.29 is 4.39 Å². The molecule has 1 heterocycles. The highest BCUT2D eigenvalue weighted by molar-refractivity contribution is 6.17. The van der Waals surface area contributed by atoms with E-state index < -0.39 is 0 Å². The lowest BCUT2D eigenvalue weighted by Gasteiger charge is -2.29. The summed E-state index contributed by atoms with van der Waals surface area (Å²) >= 11 is 0. The molecule has 0 amide bonds. The second kappa shape index (κ2) is 15.8. The molecule has 0 aliphatic rings. The second-order valence-electron chi connectivity index (χ2n) is 14.8. The Balaban J connectivity index is 1.15. The van der Waals surface area contributed by atoms with E-state index in [1.165, 1.54) is 39.5 Å². The lowest BCUT2D eigenvalue weighted by atomic mass is 9.94. The summed E-state index contributed by atoms with van der Waals surface area (Å²) in [6, 6.07) is 77.5. The Bertz CT molecular complexity index is 3100. The Labute approximate surface area is 349 Å². The summed E-state index contributed by atoms with van der Waals surface area (Å²) in [5, 5.41) is 2.45. The molecule has 0 bridgehead atoms. The van der Waals surface area contributed by atoms with Gasteiger partial charge >= 0.3 is 0 Å².